The van der Waals surface area contributed by atoms with Crippen molar-refractivity contribution in [1.82, 2.24) is 0 Å². The van der Waals surface area contributed by atoms with E-state index in [0.29, 0.717) is 5.56 Å². The largest absolute Gasteiger partial charge is 0.385 e. The third-order valence-electron chi connectivity index (χ3n) is 1.71. The third kappa shape index (κ3) is 3.82. The molecule has 0 saturated carbocycles. The number of nitrogens with two attached hydrogens (primary N) is 1. The van der Waals surface area contributed by atoms with E-state index in [0.717, 1.165) is 0 Å². The van der Waals surface area contributed by atoms with Gasteiger partial charge in [-0.25, -0.2) is 4.39 Å². The van der Waals surface area contributed by atoms with Crippen LogP contribution in [0.2, 0.25) is 0 Å². The maximum atomic E-state index is 12.8. The molecule has 13 heavy (non-hydrogen) atoms. The maximum absolute atomic E-state index is 12.8. The zero-order valence-electron chi connectivity index (χ0n) is 7.23. The van der Waals surface area contributed by atoms with E-state index in [2.05, 4.69) is 0 Å². The topological polar surface area (TPSA) is 46.2 Å². The van der Waals surface area contributed by atoms with Gasteiger partial charge in [-0.3, -0.25) is 0 Å². The molecule has 0 heterocycles. The number of rotatable bonds is 3. The predicted molar refractivity (Wildman–Crippen MR) is 45.4 cm³/mol. The molecule has 0 aliphatic carbocycles. The fourth-order valence-corrected chi connectivity index (χ4v) is 0.988. The molecule has 3 N–H and O–H groups in total. The van der Waals surface area contributed by atoms with Gasteiger partial charge in [-0.15, -0.1) is 0 Å². The number of benzene rings is 1. The van der Waals surface area contributed by atoms with Crippen LogP contribution in [0.15, 0.2) is 30.3 Å². The number of hydrogen-bond acceptors (Lipinski definition) is 2. The SMILES string of the molecule is NC[C@H](F)[C@@H](O)c1ccccc1.[Y]. The van der Waals surface area contributed by atoms with Gasteiger partial charge in [0.05, 0.1) is 0 Å². The minimum Gasteiger partial charge on any atom is -0.385 e. The summed E-state index contributed by atoms with van der Waals surface area (Å²) in [5, 5.41) is 9.33. The number of hydrogen-bond donors (Lipinski definition) is 2. The molecule has 1 aromatic carbocycles. The third-order valence-corrected chi connectivity index (χ3v) is 1.71. The van der Waals surface area contributed by atoms with Crippen LogP contribution >= 0.6 is 0 Å². The minimum atomic E-state index is -1.38. The van der Waals surface area contributed by atoms with E-state index in [1.165, 1.54) is 0 Å². The van der Waals surface area contributed by atoms with Crippen LogP contribution in [-0.4, -0.2) is 17.8 Å². The van der Waals surface area contributed by atoms with E-state index in [-0.39, 0.29) is 39.3 Å². The molecule has 1 aromatic rings. The summed E-state index contributed by atoms with van der Waals surface area (Å²) in [4.78, 5) is 0. The first-order chi connectivity index (χ1) is 5.75. The Bertz CT molecular complexity index is 232. The molecule has 2 atom stereocenters. The van der Waals surface area contributed by atoms with Crippen molar-refractivity contribution in [1.29, 1.82) is 0 Å². The Balaban J connectivity index is 0.00000144. The Hall–Kier alpha value is 0.174. The van der Waals surface area contributed by atoms with Crippen molar-refractivity contribution in [2.24, 2.45) is 5.73 Å². The van der Waals surface area contributed by atoms with Gasteiger partial charge in [0, 0.05) is 39.3 Å². The Labute approximate surface area is 102 Å². The summed E-state index contributed by atoms with van der Waals surface area (Å²) in [7, 11) is 0. The normalized spacial score (nSPS) is 14.4. The van der Waals surface area contributed by atoms with Crippen molar-refractivity contribution < 1.29 is 42.2 Å². The molecule has 1 radical (unpaired) electrons. The summed E-state index contributed by atoms with van der Waals surface area (Å²) in [6.45, 7) is -0.157. The molecule has 0 saturated heterocycles. The molecule has 0 aliphatic rings. The summed E-state index contributed by atoms with van der Waals surface area (Å²) >= 11 is 0. The van der Waals surface area contributed by atoms with Gasteiger partial charge in [0.2, 0.25) is 0 Å². The second-order valence-electron chi connectivity index (χ2n) is 2.61. The molecular formula is C9H12FNOY. The van der Waals surface area contributed by atoms with E-state index in [9.17, 15) is 9.50 Å². The van der Waals surface area contributed by atoms with Crippen LogP contribution in [0.5, 0.6) is 0 Å². The molecular weight excluding hydrogens is 246 g/mol. The molecule has 2 nitrogen and oxygen atoms in total. The molecule has 0 aliphatic heterocycles. The Morgan fingerprint density at radius 3 is 2.31 bits per heavy atom. The first-order valence-electron chi connectivity index (χ1n) is 3.83. The van der Waals surface area contributed by atoms with Crippen molar-refractivity contribution in [2.45, 2.75) is 12.3 Å². The first-order valence-corrected chi connectivity index (χ1v) is 3.83. The van der Waals surface area contributed by atoms with Crippen LogP contribution in [0.3, 0.4) is 0 Å². The smallest absolute Gasteiger partial charge is 0.142 e. The predicted octanol–water partition coefficient (Wildman–Crippen LogP) is 1.01. The summed E-state index contributed by atoms with van der Waals surface area (Å²) < 4.78 is 12.8. The summed E-state index contributed by atoms with van der Waals surface area (Å²) in [6, 6.07) is 8.66. The van der Waals surface area contributed by atoms with Gasteiger partial charge in [0.1, 0.15) is 12.3 Å². The van der Waals surface area contributed by atoms with Gasteiger partial charge in [-0.1, -0.05) is 30.3 Å². The monoisotopic (exact) mass is 258 g/mol. The van der Waals surface area contributed by atoms with Crippen LogP contribution < -0.4 is 5.73 Å². The summed E-state index contributed by atoms with van der Waals surface area (Å²) in [6.07, 6.45) is -2.48. The number of alkyl halides is 1. The van der Waals surface area contributed by atoms with Gasteiger partial charge in [0.25, 0.3) is 0 Å². The van der Waals surface area contributed by atoms with E-state index >= 15 is 0 Å². The molecule has 0 spiro atoms. The maximum Gasteiger partial charge on any atom is 0.142 e. The van der Waals surface area contributed by atoms with Crippen LogP contribution in [0.1, 0.15) is 11.7 Å². The molecule has 69 valence electrons. The standard InChI is InChI=1S/C9H12FNO.Y/c10-8(6-11)9(12)7-4-2-1-3-5-7;/h1-5,8-9,12H,6,11H2;/t8-,9-;/m0./s1. The summed E-state index contributed by atoms with van der Waals surface area (Å²) in [5.74, 6) is 0. The van der Waals surface area contributed by atoms with Gasteiger partial charge < -0.3 is 10.8 Å². The van der Waals surface area contributed by atoms with E-state index in [1.807, 2.05) is 6.07 Å². The molecule has 0 amide bonds. The van der Waals surface area contributed by atoms with Crippen molar-refractivity contribution in [3.05, 3.63) is 35.9 Å². The van der Waals surface area contributed by atoms with Gasteiger partial charge in [-0.05, 0) is 5.56 Å². The minimum absolute atomic E-state index is 0. The average molecular weight is 258 g/mol. The molecule has 0 aromatic heterocycles. The fraction of sp³-hybridized carbons (Fsp3) is 0.333. The van der Waals surface area contributed by atoms with Crippen LogP contribution in [-0.2, 0) is 32.7 Å². The van der Waals surface area contributed by atoms with Gasteiger partial charge in [0.15, 0.2) is 0 Å². The van der Waals surface area contributed by atoms with Crippen LogP contribution in [0, 0.1) is 0 Å². The number of aliphatic hydroxyl groups excluding tert-OH is 1. The molecule has 0 bridgehead atoms. The van der Waals surface area contributed by atoms with E-state index in [1.54, 1.807) is 24.3 Å². The quantitative estimate of drug-likeness (QED) is 0.850. The Morgan fingerprint density at radius 2 is 1.85 bits per heavy atom. The Kier molecular flexibility index (Phi) is 6.69. The van der Waals surface area contributed by atoms with Gasteiger partial charge >= 0.3 is 0 Å². The van der Waals surface area contributed by atoms with Gasteiger partial charge in [-0.2, -0.15) is 0 Å². The number of halogens is 1. The zero-order chi connectivity index (χ0) is 8.97. The molecule has 0 fully saturated rings. The fourth-order valence-electron chi connectivity index (χ4n) is 0.988. The second kappa shape index (κ2) is 6.60. The van der Waals surface area contributed by atoms with Crippen molar-refractivity contribution in [2.75, 3.05) is 6.54 Å². The van der Waals surface area contributed by atoms with Crippen LogP contribution in [0.25, 0.3) is 0 Å². The molecule has 4 heteroatoms. The zero-order valence-corrected chi connectivity index (χ0v) is 10.1. The Morgan fingerprint density at radius 1 is 1.31 bits per heavy atom. The molecule has 1 rings (SSSR count). The average Bonchev–Trinajstić information content (AvgIpc) is 2.17. The molecule has 0 unspecified atom stereocenters. The van der Waals surface area contributed by atoms with Crippen molar-refractivity contribution in [3.8, 4) is 0 Å². The van der Waals surface area contributed by atoms with Crippen molar-refractivity contribution in [3.63, 3.8) is 0 Å². The summed E-state index contributed by atoms with van der Waals surface area (Å²) in [5.41, 5.74) is 5.64. The van der Waals surface area contributed by atoms with E-state index < -0.39 is 12.3 Å². The number of aliphatic hydroxyl groups is 1. The van der Waals surface area contributed by atoms with E-state index in [4.69, 9.17) is 5.73 Å². The van der Waals surface area contributed by atoms with Crippen LogP contribution in [0.4, 0.5) is 4.39 Å². The van der Waals surface area contributed by atoms with Crippen molar-refractivity contribution >= 4 is 0 Å². The first kappa shape index (κ1) is 13.2. The second-order valence-corrected chi connectivity index (χ2v) is 2.61.